The average Bonchev–Trinajstić information content (AvgIpc) is 3.67. The summed E-state index contributed by atoms with van der Waals surface area (Å²) in [4.78, 5) is 18.0. The van der Waals surface area contributed by atoms with Crippen LogP contribution in [0.25, 0.3) is 27.9 Å². The molecule has 2 aliphatic rings. The Hall–Kier alpha value is -3.92. The fourth-order valence-electron chi connectivity index (χ4n) is 4.56. The van der Waals surface area contributed by atoms with Gasteiger partial charge in [-0.15, -0.1) is 15.3 Å². The molecule has 1 N–H and O–H groups in total. The van der Waals surface area contributed by atoms with E-state index in [9.17, 15) is 4.79 Å². The maximum atomic E-state index is 11.2. The molecule has 10 heteroatoms. The summed E-state index contributed by atoms with van der Waals surface area (Å²) in [6, 6.07) is 10.1. The van der Waals surface area contributed by atoms with Crippen LogP contribution in [0.5, 0.6) is 5.75 Å². The fourth-order valence-corrected chi connectivity index (χ4v) is 4.56. The number of aryl methyl sites for hydroxylation is 1. The van der Waals surface area contributed by atoms with Gasteiger partial charge in [-0.25, -0.2) is 9.50 Å². The van der Waals surface area contributed by atoms with E-state index < -0.39 is 0 Å². The third kappa shape index (κ3) is 3.86. The van der Waals surface area contributed by atoms with E-state index in [2.05, 4.69) is 35.7 Å². The van der Waals surface area contributed by atoms with Crippen LogP contribution in [0, 0.1) is 12.8 Å². The molecule has 6 rings (SSSR count). The van der Waals surface area contributed by atoms with Crippen molar-refractivity contribution in [2.45, 2.75) is 25.8 Å². The van der Waals surface area contributed by atoms with Crippen molar-refractivity contribution in [2.75, 3.05) is 24.5 Å². The number of piperazine rings is 1. The number of nitrogens with zero attached hydrogens (tertiary/aromatic N) is 7. The molecule has 3 aromatic heterocycles. The molecule has 1 atom stereocenters. The van der Waals surface area contributed by atoms with Gasteiger partial charge in [-0.1, -0.05) is 17.3 Å². The smallest absolute Gasteiger partial charge is 0.298 e. The molecule has 172 valence electrons. The zero-order valence-corrected chi connectivity index (χ0v) is 18.8. The number of ether oxygens (including phenoxy) is 1. The van der Waals surface area contributed by atoms with Gasteiger partial charge in [-0.3, -0.25) is 4.79 Å². The van der Waals surface area contributed by atoms with E-state index in [-0.39, 0.29) is 0 Å². The van der Waals surface area contributed by atoms with Gasteiger partial charge >= 0.3 is 0 Å². The minimum atomic E-state index is 0.391. The van der Waals surface area contributed by atoms with Crippen molar-refractivity contribution in [3.05, 3.63) is 48.4 Å². The van der Waals surface area contributed by atoms with E-state index in [1.807, 2.05) is 37.4 Å². The number of aromatic nitrogens is 6. The summed E-state index contributed by atoms with van der Waals surface area (Å²) in [6.07, 6.45) is 6.18. The Morgan fingerprint density at radius 1 is 1.12 bits per heavy atom. The van der Waals surface area contributed by atoms with Crippen LogP contribution in [0.3, 0.4) is 0 Å². The molecule has 34 heavy (non-hydrogen) atoms. The van der Waals surface area contributed by atoms with Crippen molar-refractivity contribution in [1.82, 2.24) is 35.3 Å². The Labute approximate surface area is 196 Å². The standard InChI is InChI=1S/C24H24N8O2/c1-15-22-7-5-18(12-32(22)30-27-15)17-4-6-19(23(10-17)34-14-33)20-11-26-24(29-28-20)31-9-8-25-21(13-31)16-2-3-16/h4-7,10-12,14,16,21,25H,2-3,8-9,13H2,1H3/t21-/m1/s1. The van der Waals surface area contributed by atoms with Crippen LogP contribution in [0.4, 0.5) is 5.95 Å². The summed E-state index contributed by atoms with van der Waals surface area (Å²) in [5, 5.41) is 20.6. The second-order valence-corrected chi connectivity index (χ2v) is 8.83. The van der Waals surface area contributed by atoms with Gasteiger partial charge in [0.15, 0.2) is 0 Å². The molecule has 1 aliphatic carbocycles. The van der Waals surface area contributed by atoms with Crippen LogP contribution in [-0.4, -0.2) is 62.2 Å². The molecule has 1 aliphatic heterocycles. The zero-order chi connectivity index (χ0) is 23.1. The molecular formula is C24H24N8O2. The molecule has 0 bridgehead atoms. The number of hydrogen-bond donors (Lipinski definition) is 1. The number of fused-ring (bicyclic) bond motifs is 1. The predicted octanol–water partition coefficient (Wildman–Crippen LogP) is 2.28. The molecule has 10 nitrogen and oxygen atoms in total. The Balaban J connectivity index is 1.28. The summed E-state index contributed by atoms with van der Waals surface area (Å²) < 4.78 is 7.04. The van der Waals surface area contributed by atoms with Crippen molar-refractivity contribution >= 4 is 17.9 Å². The van der Waals surface area contributed by atoms with Crippen molar-refractivity contribution in [2.24, 2.45) is 5.92 Å². The Morgan fingerprint density at radius 3 is 2.79 bits per heavy atom. The van der Waals surface area contributed by atoms with Crippen LogP contribution in [0.1, 0.15) is 18.5 Å². The Morgan fingerprint density at radius 2 is 2.00 bits per heavy atom. The zero-order valence-electron chi connectivity index (χ0n) is 18.8. The highest BCUT2D eigenvalue weighted by atomic mass is 16.5. The quantitative estimate of drug-likeness (QED) is 0.437. The SMILES string of the molecule is Cc1nnn2cc(-c3ccc(-c4cnc(N5CCN[C@@H](C6CC6)C5)nn4)c(OC=O)c3)ccc12. The summed E-state index contributed by atoms with van der Waals surface area (Å²) in [5.74, 6) is 1.79. The lowest BCUT2D eigenvalue weighted by Gasteiger charge is -2.33. The Kier molecular flexibility index (Phi) is 5.14. The van der Waals surface area contributed by atoms with Crippen LogP contribution < -0.4 is 15.0 Å². The molecule has 4 aromatic rings. The first-order valence-corrected chi connectivity index (χ1v) is 11.4. The first kappa shape index (κ1) is 20.7. The van der Waals surface area contributed by atoms with Crippen molar-refractivity contribution in [3.8, 4) is 28.1 Å². The van der Waals surface area contributed by atoms with E-state index in [0.717, 1.165) is 47.9 Å². The first-order valence-electron chi connectivity index (χ1n) is 11.4. The predicted molar refractivity (Wildman–Crippen MR) is 125 cm³/mol. The molecule has 0 unspecified atom stereocenters. The van der Waals surface area contributed by atoms with Gasteiger partial charge in [0.2, 0.25) is 5.95 Å². The van der Waals surface area contributed by atoms with Gasteiger partial charge in [0, 0.05) is 43.0 Å². The molecule has 1 saturated heterocycles. The summed E-state index contributed by atoms with van der Waals surface area (Å²) >= 11 is 0. The number of carbonyl (C=O) groups is 1. The molecule has 1 saturated carbocycles. The number of rotatable bonds is 6. The van der Waals surface area contributed by atoms with Crippen molar-refractivity contribution < 1.29 is 9.53 Å². The molecule has 4 heterocycles. The van der Waals surface area contributed by atoms with E-state index in [4.69, 9.17) is 4.74 Å². The molecular weight excluding hydrogens is 432 g/mol. The minimum absolute atomic E-state index is 0.391. The van der Waals surface area contributed by atoms with Crippen LogP contribution >= 0.6 is 0 Å². The van der Waals surface area contributed by atoms with E-state index in [0.29, 0.717) is 35.5 Å². The maximum Gasteiger partial charge on any atom is 0.298 e. The highest BCUT2D eigenvalue weighted by molar-refractivity contribution is 5.76. The summed E-state index contributed by atoms with van der Waals surface area (Å²) in [5.41, 5.74) is 4.80. The van der Waals surface area contributed by atoms with Gasteiger partial charge < -0.3 is 15.0 Å². The second-order valence-electron chi connectivity index (χ2n) is 8.83. The lowest BCUT2D eigenvalue weighted by atomic mass is 10.0. The van der Waals surface area contributed by atoms with Gasteiger partial charge in [0.05, 0.1) is 17.4 Å². The highest BCUT2D eigenvalue weighted by Gasteiger charge is 2.34. The monoisotopic (exact) mass is 456 g/mol. The summed E-state index contributed by atoms with van der Waals surface area (Å²) in [7, 11) is 0. The molecule has 1 aromatic carbocycles. The average molecular weight is 457 g/mol. The summed E-state index contributed by atoms with van der Waals surface area (Å²) in [6.45, 7) is 5.01. The van der Waals surface area contributed by atoms with Crippen molar-refractivity contribution in [1.29, 1.82) is 0 Å². The van der Waals surface area contributed by atoms with E-state index in [1.54, 1.807) is 16.8 Å². The van der Waals surface area contributed by atoms with Crippen LogP contribution in [0.2, 0.25) is 0 Å². The molecule has 0 amide bonds. The lowest BCUT2D eigenvalue weighted by molar-refractivity contribution is -0.120. The molecule has 0 radical (unpaired) electrons. The third-order valence-electron chi connectivity index (χ3n) is 6.59. The second kappa shape index (κ2) is 8.45. The number of pyridine rings is 1. The number of hydrogen-bond acceptors (Lipinski definition) is 9. The molecule has 2 fully saturated rings. The van der Waals surface area contributed by atoms with Crippen molar-refractivity contribution in [3.63, 3.8) is 0 Å². The largest absolute Gasteiger partial charge is 0.428 e. The van der Waals surface area contributed by atoms with Crippen LogP contribution in [-0.2, 0) is 4.79 Å². The third-order valence-corrected chi connectivity index (χ3v) is 6.59. The van der Waals surface area contributed by atoms with Gasteiger partial charge in [-0.2, -0.15) is 0 Å². The maximum absolute atomic E-state index is 11.2. The molecule has 0 spiro atoms. The van der Waals surface area contributed by atoms with E-state index in [1.165, 1.54) is 12.8 Å². The normalized spacial score (nSPS) is 18.3. The van der Waals surface area contributed by atoms with Gasteiger partial charge in [0.25, 0.3) is 6.47 Å². The van der Waals surface area contributed by atoms with E-state index >= 15 is 0 Å². The number of benzene rings is 1. The Bertz CT molecular complexity index is 1350. The van der Waals surface area contributed by atoms with Crippen LogP contribution in [0.15, 0.2) is 42.7 Å². The number of nitrogens with one attached hydrogen (secondary N) is 1. The van der Waals surface area contributed by atoms with Gasteiger partial charge in [-0.05, 0) is 49.4 Å². The minimum Gasteiger partial charge on any atom is -0.428 e. The van der Waals surface area contributed by atoms with Gasteiger partial charge in [0.1, 0.15) is 11.4 Å². The fraction of sp³-hybridized carbons (Fsp3) is 0.333. The number of anilines is 1. The topological polar surface area (TPSA) is 110 Å². The number of carbonyl (C=O) groups excluding carboxylic acids is 1. The lowest BCUT2D eigenvalue weighted by Crippen LogP contribution is -2.52. The first-order chi connectivity index (χ1) is 16.7. The highest BCUT2D eigenvalue weighted by Crippen LogP contribution is 2.35.